The highest BCUT2D eigenvalue weighted by Gasteiger charge is 2.31. The predicted octanol–water partition coefficient (Wildman–Crippen LogP) is 2.09. The molecule has 4 heteroatoms. The van der Waals surface area contributed by atoms with Crippen molar-refractivity contribution in [3.8, 4) is 0 Å². The molecule has 0 spiro atoms. The topological polar surface area (TPSA) is 30.9 Å². The maximum atomic E-state index is 5.63. The zero-order chi connectivity index (χ0) is 12.4. The molecule has 98 valence electrons. The molecule has 0 heterocycles. The Balaban J connectivity index is 4.23. The van der Waals surface area contributed by atoms with Gasteiger partial charge in [-0.2, -0.15) is 0 Å². The summed E-state index contributed by atoms with van der Waals surface area (Å²) in [6.45, 7) is 8.68. The van der Waals surface area contributed by atoms with E-state index in [1.54, 1.807) is 0 Å². The molecular weight excluding hydrogens is 206 g/mol. The molecule has 0 saturated carbocycles. The summed E-state index contributed by atoms with van der Waals surface area (Å²) in [6, 6.07) is 0. The van der Waals surface area contributed by atoms with Crippen LogP contribution in [0.2, 0.25) is 0 Å². The Hall–Kier alpha value is -0.160. The van der Waals surface area contributed by atoms with E-state index in [0.29, 0.717) is 19.8 Å². The van der Waals surface area contributed by atoms with Crippen LogP contribution in [-0.2, 0) is 14.2 Å². The summed E-state index contributed by atoms with van der Waals surface area (Å²) >= 11 is 0. The molecule has 0 unspecified atom stereocenters. The van der Waals surface area contributed by atoms with Gasteiger partial charge in [0, 0.05) is 26.2 Å². The van der Waals surface area contributed by atoms with Crippen LogP contribution in [0.5, 0.6) is 0 Å². The van der Waals surface area contributed by atoms with E-state index in [2.05, 4.69) is 19.0 Å². The molecule has 0 aliphatic rings. The standard InChI is InChI=1S/C12H27NO3/c1-6-14-12(15-7-2,16-8-3)10-9-11-13(4)5/h6-11H2,1-5H3. The van der Waals surface area contributed by atoms with Crippen molar-refractivity contribution >= 4 is 0 Å². The molecule has 16 heavy (non-hydrogen) atoms. The molecule has 0 atom stereocenters. The molecule has 0 aromatic rings. The van der Waals surface area contributed by atoms with Crippen molar-refractivity contribution in [2.24, 2.45) is 0 Å². The zero-order valence-electron chi connectivity index (χ0n) is 11.4. The molecule has 0 aliphatic carbocycles. The Labute approximate surface area is 99.9 Å². The molecule has 0 aliphatic heterocycles. The monoisotopic (exact) mass is 233 g/mol. The lowest BCUT2D eigenvalue weighted by Gasteiger charge is -2.32. The van der Waals surface area contributed by atoms with Crippen LogP contribution < -0.4 is 0 Å². The third kappa shape index (κ3) is 6.43. The van der Waals surface area contributed by atoms with Crippen LogP contribution in [0, 0.1) is 0 Å². The number of ether oxygens (including phenoxy) is 3. The summed E-state index contributed by atoms with van der Waals surface area (Å²) in [5.74, 6) is -0.839. The van der Waals surface area contributed by atoms with E-state index in [1.165, 1.54) is 0 Å². The lowest BCUT2D eigenvalue weighted by Crippen LogP contribution is -2.40. The maximum Gasteiger partial charge on any atom is 0.282 e. The van der Waals surface area contributed by atoms with Crippen LogP contribution in [0.15, 0.2) is 0 Å². The van der Waals surface area contributed by atoms with Gasteiger partial charge in [0.25, 0.3) is 5.97 Å². The van der Waals surface area contributed by atoms with Crippen LogP contribution in [0.3, 0.4) is 0 Å². The smallest absolute Gasteiger partial charge is 0.282 e. The molecule has 0 fully saturated rings. The summed E-state index contributed by atoms with van der Waals surface area (Å²) in [4.78, 5) is 2.15. The first-order valence-corrected chi connectivity index (χ1v) is 6.16. The summed E-state index contributed by atoms with van der Waals surface area (Å²) < 4.78 is 16.9. The zero-order valence-corrected chi connectivity index (χ0v) is 11.4. The normalized spacial score (nSPS) is 12.4. The van der Waals surface area contributed by atoms with E-state index in [4.69, 9.17) is 14.2 Å². The first-order chi connectivity index (χ1) is 7.60. The number of hydrogen-bond acceptors (Lipinski definition) is 4. The number of nitrogens with zero attached hydrogens (tertiary/aromatic N) is 1. The molecular formula is C12H27NO3. The Morgan fingerprint density at radius 3 is 1.62 bits per heavy atom. The van der Waals surface area contributed by atoms with Gasteiger partial charge >= 0.3 is 0 Å². The van der Waals surface area contributed by atoms with Gasteiger partial charge in [-0.3, -0.25) is 0 Å². The highest BCUT2D eigenvalue weighted by molar-refractivity contribution is 4.60. The first-order valence-electron chi connectivity index (χ1n) is 6.16. The fraction of sp³-hybridized carbons (Fsp3) is 1.00. The minimum absolute atomic E-state index is 0.599. The summed E-state index contributed by atoms with van der Waals surface area (Å²) in [5, 5.41) is 0. The van der Waals surface area contributed by atoms with Crippen LogP contribution in [-0.4, -0.2) is 51.3 Å². The Morgan fingerprint density at radius 2 is 1.31 bits per heavy atom. The average molecular weight is 233 g/mol. The minimum atomic E-state index is -0.839. The molecule has 4 nitrogen and oxygen atoms in total. The largest absolute Gasteiger partial charge is 0.328 e. The van der Waals surface area contributed by atoms with E-state index in [1.807, 2.05) is 20.8 Å². The van der Waals surface area contributed by atoms with E-state index >= 15 is 0 Å². The van der Waals surface area contributed by atoms with Crippen LogP contribution in [0.25, 0.3) is 0 Å². The van der Waals surface area contributed by atoms with Crippen molar-refractivity contribution in [3.05, 3.63) is 0 Å². The Bertz CT molecular complexity index is 145. The van der Waals surface area contributed by atoms with Crippen molar-refractivity contribution in [1.82, 2.24) is 4.90 Å². The summed E-state index contributed by atoms with van der Waals surface area (Å²) in [5.41, 5.74) is 0. The van der Waals surface area contributed by atoms with E-state index in [0.717, 1.165) is 19.4 Å². The SMILES string of the molecule is CCOC(CCCN(C)C)(OCC)OCC. The first kappa shape index (κ1) is 15.8. The van der Waals surface area contributed by atoms with Crippen LogP contribution in [0.4, 0.5) is 0 Å². The molecule has 0 radical (unpaired) electrons. The summed E-state index contributed by atoms with van der Waals surface area (Å²) in [6.07, 6.45) is 1.76. The molecule has 0 N–H and O–H groups in total. The van der Waals surface area contributed by atoms with Gasteiger partial charge in [-0.25, -0.2) is 0 Å². The molecule has 0 aromatic carbocycles. The fourth-order valence-corrected chi connectivity index (χ4v) is 1.61. The predicted molar refractivity (Wildman–Crippen MR) is 65.4 cm³/mol. The van der Waals surface area contributed by atoms with E-state index in [9.17, 15) is 0 Å². The van der Waals surface area contributed by atoms with Gasteiger partial charge in [-0.05, 0) is 47.8 Å². The van der Waals surface area contributed by atoms with E-state index in [-0.39, 0.29) is 0 Å². The average Bonchev–Trinajstić information content (AvgIpc) is 2.18. The fourth-order valence-electron chi connectivity index (χ4n) is 1.61. The van der Waals surface area contributed by atoms with Gasteiger partial charge in [-0.1, -0.05) is 0 Å². The molecule has 0 bridgehead atoms. The lowest BCUT2D eigenvalue weighted by atomic mass is 10.2. The number of hydrogen-bond donors (Lipinski definition) is 0. The van der Waals surface area contributed by atoms with Crippen molar-refractivity contribution in [3.63, 3.8) is 0 Å². The third-order valence-corrected chi connectivity index (χ3v) is 2.18. The van der Waals surface area contributed by atoms with Crippen molar-refractivity contribution < 1.29 is 14.2 Å². The highest BCUT2D eigenvalue weighted by atomic mass is 16.9. The summed E-state index contributed by atoms with van der Waals surface area (Å²) in [7, 11) is 4.12. The van der Waals surface area contributed by atoms with Gasteiger partial charge in [0.15, 0.2) is 0 Å². The van der Waals surface area contributed by atoms with Crippen LogP contribution in [0.1, 0.15) is 33.6 Å². The molecule has 0 aromatic heterocycles. The Kier molecular flexibility index (Phi) is 8.84. The van der Waals surface area contributed by atoms with Gasteiger partial charge < -0.3 is 19.1 Å². The van der Waals surface area contributed by atoms with Gasteiger partial charge in [-0.15, -0.1) is 0 Å². The minimum Gasteiger partial charge on any atom is -0.328 e. The lowest BCUT2D eigenvalue weighted by molar-refractivity contribution is -0.380. The van der Waals surface area contributed by atoms with E-state index < -0.39 is 5.97 Å². The quantitative estimate of drug-likeness (QED) is 0.541. The van der Waals surface area contributed by atoms with Crippen molar-refractivity contribution in [2.75, 3.05) is 40.5 Å². The van der Waals surface area contributed by atoms with Gasteiger partial charge in [0.05, 0.1) is 0 Å². The van der Waals surface area contributed by atoms with Crippen molar-refractivity contribution in [2.45, 2.75) is 39.6 Å². The molecule has 0 rings (SSSR count). The second-order valence-corrected chi connectivity index (χ2v) is 3.89. The number of rotatable bonds is 10. The molecule has 0 amide bonds. The molecule has 0 saturated heterocycles. The highest BCUT2D eigenvalue weighted by Crippen LogP contribution is 2.22. The van der Waals surface area contributed by atoms with Crippen LogP contribution >= 0.6 is 0 Å². The van der Waals surface area contributed by atoms with Gasteiger partial charge in [0.2, 0.25) is 0 Å². The Morgan fingerprint density at radius 1 is 0.875 bits per heavy atom. The van der Waals surface area contributed by atoms with Gasteiger partial charge in [0.1, 0.15) is 0 Å². The second-order valence-electron chi connectivity index (χ2n) is 3.89. The second kappa shape index (κ2) is 8.93. The van der Waals surface area contributed by atoms with Crippen molar-refractivity contribution in [1.29, 1.82) is 0 Å². The maximum absolute atomic E-state index is 5.63. The third-order valence-electron chi connectivity index (χ3n) is 2.18.